The minimum absolute atomic E-state index is 0.00574. The van der Waals surface area contributed by atoms with Gasteiger partial charge >= 0.3 is 5.91 Å². The predicted molar refractivity (Wildman–Crippen MR) is 128 cm³/mol. The summed E-state index contributed by atoms with van der Waals surface area (Å²) in [5.41, 5.74) is 1.09. The molecular weight excluding hydrogens is 540 g/mol. The summed E-state index contributed by atoms with van der Waals surface area (Å²) in [5, 5.41) is 11.1. The van der Waals surface area contributed by atoms with Crippen molar-refractivity contribution in [3.05, 3.63) is 92.5 Å². The van der Waals surface area contributed by atoms with Gasteiger partial charge in [0.15, 0.2) is 0 Å². The Morgan fingerprint density at radius 2 is 1.66 bits per heavy atom. The van der Waals surface area contributed by atoms with Gasteiger partial charge in [-0.3, -0.25) is 14.5 Å². The Kier molecular flexibility index (Phi) is 6.43. The Balaban J connectivity index is 1.88. The third-order valence-electron chi connectivity index (χ3n) is 5.03. The highest BCUT2D eigenvalue weighted by molar-refractivity contribution is 9.10. The first-order valence-corrected chi connectivity index (χ1v) is 11.4. The molecule has 6 nitrogen and oxygen atoms in total. The molecule has 1 atom stereocenters. The van der Waals surface area contributed by atoms with E-state index in [1.807, 2.05) is 19.1 Å². The summed E-state index contributed by atoms with van der Waals surface area (Å²) in [7, 11) is 0. The summed E-state index contributed by atoms with van der Waals surface area (Å²) in [6.07, 6.45) is 1.56. The van der Waals surface area contributed by atoms with Crippen molar-refractivity contribution in [2.75, 3.05) is 11.5 Å². The Bertz CT molecular complexity index is 1190. The van der Waals surface area contributed by atoms with Crippen LogP contribution in [0.2, 0.25) is 0 Å². The first-order valence-electron chi connectivity index (χ1n) is 9.82. The van der Waals surface area contributed by atoms with Crippen LogP contribution in [0.5, 0.6) is 5.75 Å². The van der Waals surface area contributed by atoms with Crippen LogP contribution < -0.4 is 9.64 Å². The molecule has 1 aliphatic rings. The number of amides is 1. The summed E-state index contributed by atoms with van der Waals surface area (Å²) in [5.74, 6) is -0.810. The number of ether oxygens (including phenoxy) is 1. The van der Waals surface area contributed by atoms with E-state index in [4.69, 9.17) is 4.74 Å². The van der Waals surface area contributed by atoms with Gasteiger partial charge in [-0.15, -0.1) is 0 Å². The van der Waals surface area contributed by atoms with Crippen molar-refractivity contribution in [3.63, 3.8) is 0 Å². The number of aliphatic hydroxyl groups is 1. The lowest BCUT2D eigenvalue weighted by Gasteiger charge is -2.24. The third kappa shape index (κ3) is 4.20. The molecule has 0 bridgehead atoms. The number of anilines is 1. The average molecular weight is 558 g/mol. The predicted octanol–water partition coefficient (Wildman–Crippen LogP) is 5.63. The van der Waals surface area contributed by atoms with Gasteiger partial charge < -0.3 is 9.84 Å². The monoisotopic (exact) mass is 556 g/mol. The zero-order valence-corrected chi connectivity index (χ0v) is 20.1. The lowest BCUT2D eigenvalue weighted by Crippen LogP contribution is -2.30. The minimum atomic E-state index is -0.830. The molecule has 0 aliphatic carbocycles. The van der Waals surface area contributed by atoms with Crippen LogP contribution in [-0.4, -0.2) is 28.4 Å². The first-order chi connectivity index (χ1) is 15.4. The summed E-state index contributed by atoms with van der Waals surface area (Å²) in [6.45, 7) is 2.39. The molecule has 1 aliphatic heterocycles. The van der Waals surface area contributed by atoms with E-state index in [2.05, 4.69) is 36.8 Å². The van der Waals surface area contributed by atoms with Crippen LogP contribution in [0, 0.1) is 0 Å². The quantitative estimate of drug-likeness (QED) is 0.250. The fourth-order valence-corrected chi connectivity index (χ4v) is 4.07. The van der Waals surface area contributed by atoms with Crippen molar-refractivity contribution >= 4 is 55.1 Å². The smallest absolute Gasteiger partial charge is 0.301 e. The maximum Gasteiger partial charge on any atom is 0.301 e. The van der Waals surface area contributed by atoms with Gasteiger partial charge in [0, 0.05) is 20.7 Å². The van der Waals surface area contributed by atoms with Crippen LogP contribution >= 0.6 is 31.9 Å². The molecule has 0 unspecified atom stereocenters. The Morgan fingerprint density at radius 1 is 1.00 bits per heavy atom. The second-order valence-corrected chi connectivity index (χ2v) is 8.84. The Hall–Kier alpha value is -2.97. The molecule has 0 radical (unpaired) electrons. The van der Waals surface area contributed by atoms with Crippen molar-refractivity contribution < 1.29 is 19.4 Å². The maximum absolute atomic E-state index is 13.1. The average Bonchev–Trinajstić information content (AvgIpc) is 3.06. The maximum atomic E-state index is 13.1. The highest BCUT2D eigenvalue weighted by atomic mass is 79.9. The van der Waals surface area contributed by atoms with Crippen LogP contribution in [0.3, 0.4) is 0 Å². The molecule has 2 heterocycles. The molecule has 1 amide bonds. The van der Waals surface area contributed by atoms with E-state index < -0.39 is 17.7 Å². The minimum Gasteiger partial charge on any atom is -0.507 e. The van der Waals surface area contributed by atoms with E-state index in [-0.39, 0.29) is 11.3 Å². The van der Waals surface area contributed by atoms with Gasteiger partial charge in [0.05, 0.1) is 18.2 Å². The topological polar surface area (TPSA) is 79.7 Å². The van der Waals surface area contributed by atoms with Crippen LogP contribution in [-0.2, 0) is 9.59 Å². The van der Waals surface area contributed by atoms with Gasteiger partial charge in [-0.2, -0.15) is 0 Å². The summed E-state index contributed by atoms with van der Waals surface area (Å²) in [6, 6.07) is 16.5. The van der Waals surface area contributed by atoms with E-state index in [1.165, 1.54) is 4.90 Å². The fraction of sp³-hybridized carbons (Fsp3) is 0.125. The van der Waals surface area contributed by atoms with Crippen molar-refractivity contribution in [2.24, 2.45) is 0 Å². The standard InChI is InChI=1S/C24H18Br2N2O4/c1-2-32-18-10-5-15(6-11-18)22(29)20-21(14-3-7-16(25)8-4-14)28(24(31)23(20)30)19-12-9-17(26)13-27-19/h3-13,21,29H,2H2,1H3/t21-/m1/s1. The first kappa shape index (κ1) is 22.2. The van der Waals surface area contributed by atoms with E-state index >= 15 is 0 Å². The van der Waals surface area contributed by atoms with Gasteiger partial charge in [0.25, 0.3) is 5.78 Å². The number of nitrogens with zero attached hydrogens (tertiary/aromatic N) is 2. The van der Waals surface area contributed by atoms with Crippen LogP contribution in [0.1, 0.15) is 24.1 Å². The highest BCUT2D eigenvalue weighted by Crippen LogP contribution is 2.42. The second-order valence-electron chi connectivity index (χ2n) is 7.01. The van der Waals surface area contributed by atoms with Crippen molar-refractivity contribution in [2.45, 2.75) is 13.0 Å². The number of pyridine rings is 1. The summed E-state index contributed by atoms with van der Waals surface area (Å²) in [4.78, 5) is 31.8. The number of hydrogen-bond acceptors (Lipinski definition) is 5. The molecule has 32 heavy (non-hydrogen) atoms. The SMILES string of the molecule is CCOc1ccc(C(O)=C2C(=O)C(=O)N(c3ccc(Br)cn3)[C@@H]2c2ccc(Br)cc2)cc1. The lowest BCUT2D eigenvalue weighted by molar-refractivity contribution is -0.132. The molecule has 1 N–H and O–H groups in total. The number of rotatable bonds is 5. The molecule has 162 valence electrons. The van der Waals surface area contributed by atoms with Gasteiger partial charge in [-0.05, 0) is 76.9 Å². The second kappa shape index (κ2) is 9.26. The van der Waals surface area contributed by atoms with Crippen LogP contribution in [0.25, 0.3) is 5.76 Å². The number of carbonyl (C=O) groups is 2. The molecular formula is C24H18Br2N2O4. The van der Waals surface area contributed by atoms with Crippen LogP contribution in [0.15, 0.2) is 81.4 Å². The number of ketones is 1. The highest BCUT2D eigenvalue weighted by Gasteiger charge is 2.47. The number of halogens is 2. The molecule has 0 saturated carbocycles. The van der Waals surface area contributed by atoms with Crippen molar-refractivity contribution in [3.8, 4) is 5.75 Å². The zero-order valence-electron chi connectivity index (χ0n) is 17.0. The summed E-state index contributed by atoms with van der Waals surface area (Å²) < 4.78 is 7.04. The van der Waals surface area contributed by atoms with Gasteiger partial charge in [0.2, 0.25) is 0 Å². The van der Waals surface area contributed by atoms with Gasteiger partial charge in [-0.25, -0.2) is 4.98 Å². The number of carbonyl (C=O) groups excluding carboxylic acids is 2. The van der Waals surface area contributed by atoms with E-state index in [1.54, 1.807) is 54.7 Å². The number of aliphatic hydroxyl groups excluding tert-OH is 1. The fourth-order valence-electron chi connectivity index (χ4n) is 3.57. The molecule has 2 aromatic carbocycles. The Labute approximate surface area is 201 Å². The van der Waals surface area contributed by atoms with Crippen molar-refractivity contribution in [1.29, 1.82) is 0 Å². The third-order valence-corrected chi connectivity index (χ3v) is 6.03. The lowest BCUT2D eigenvalue weighted by atomic mass is 9.95. The molecule has 0 spiro atoms. The van der Waals surface area contributed by atoms with Gasteiger partial charge in [-0.1, -0.05) is 28.1 Å². The molecule has 1 aromatic heterocycles. The zero-order chi connectivity index (χ0) is 22.8. The molecule has 8 heteroatoms. The largest absolute Gasteiger partial charge is 0.507 e. The normalized spacial score (nSPS) is 17.6. The number of benzene rings is 2. The Morgan fingerprint density at radius 3 is 2.25 bits per heavy atom. The van der Waals surface area contributed by atoms with E-state index in [0.29, 0.717) is 29.3 Å². The van der Waals surface area contributed by atoms with Crippen molar-refractivity contribution in [1.82, 2.24) is 4.98 Å². The number of Topliss-reactive ketones (excluding diaryl/α,β-unsaturated/α-hetero) is 1. The van der Waals surface area contributed by atoms with Crippen LogP contribution in [0.4, 0.5) is 5.82 Å². The molecule has 4 rings (SSSR count). The number of hydrogen-bond donors (Lipinski definition) is 1. The summed E-state index contributed by atoms with van der Waals surface area (Å²) >= 11 is 6.74. The van der Waals surface area contributed by atoms with Gasteiger partial charge in [0.1, 0.15) is 17.3 Å². The van der Waals surface area contributed by atoms with E-state index in [0.717, 1.165) is 8.95 Å². The molecule has 3 aromatic rings. The molecule has 1 saturated heterocycles. The number of aromatic nitrogens is 1. The molecule has 1 fully saturated rings. The van der Waals surface area contributed by atoms with E-state index in [9.17, 15) is 14.7 Å².